The first kappa shape index (κ1) is 12.9. The van der Waals surface area contributed by atoms with Crippen LogP contribution in [0.3, 0.4) is 0 Å². The van der Waals surface area contributed by atoms with Gasteiger partial charge in [-0.3, -0.25) is 4.79 Å². The Balaban J connectivity index is 1.58. The predicted octanol–water partition coefficient (Wildman–Crippen LogP) is 2.24. The van der Waals surface area contributed by atoms with Crippen molar-refractivity contribution in [3.8, 4) is 0 Å². The number of aromatic nitrogens is 1. The van der Waals surface area contributed by atoms with Gasteiger partial charge in [0.05, 0.1) is 12.2 Å². The summed E-state index contributed by atoms with van der Waals surface area (Å²) in [7, 11) is 0. The molecule has 20 heavy (non-hydrogen) atoms. The topological polar surface area (TPSA) is 92.4 Å². The second-order valence-electron chi connectivity index (χ2n) is 4.64. The monoisotopic (exact) mass is 292 g/mol. The van der Waals surface area contributed by atoms with Crippen molar-refractivity contribution < 1.29 is 19.2 Å². The predicted molar refractivity (Wildman–Crippen MR) is 70.9 cm³/mol. The average molecular weight is 292 g/mol. The number of carboxylic acid groups (broad SMARTS) is 1. The number of nitrogens with zero attached hydrogens (tertiary/aromatic N) is 1. The minimum absolute atomic E-state index is 0.196. The van der Waals surface area contributed by atoms with Crippen LogP contribution in [0.5, 0.6) is 0 Å². The molecule has 6 nitrogen and oxygen atoms in total. The Labute approximate surface area is 118 Å². The van der Waals surface area contributed by atoms with Gasteiger partial charge in [0.25, 0.3) is 5.91 Å². The molecule has 1 aliphatic rings. The van der Waals surface area contributed by atoms with Gasteiger partial charge in [0, 0.05) is 16.9 Å². The van der Waals surface area contributed by atoms with Crippen molar-refractivity contribution in [2.24, 2.45) is 0 Å². The lowest BCUT2D eigenvalue weighted by molar-refractivity contribution is 0.0702. The van der Waals surface area contributed by atoms with Crippen LogP contribution in [0.25, 0.3) is 0 Å². The van der Waals surface area contributed by atoms with Gasteiger partial charge >= 0.3 is 5.97 Å². The van der Waals surface area contributed by atoms with Gasteiger partial charge in [-0.05, 0) is 25.0 Å². The van der Waals surface area contributed by atoms with E-state index in [1.807, 2.05) is 0 Å². The van der Waals surface area contributed by atoms with Gasteiger partial charge in [-0.25, -0.2) is 4.79 Å². The van der Waals surface area contributed by atoms with Crippen molar-refractivity contribution >= 4 is 23.2 Å². The Bertz CT molecular complexity index is 657. The maximum Gasteiger partial charge on any atom is 0.345 e. The van der Waals surface area contributed by atoms with Crippen LogP contribution < -0.4 is 5.32 Å². The van der Waals surface area contributed by atoms with Crippen LogP contribution in [-0.2, 0) is 6.54 Å². The second kappa shape index (κ2) is 5.09. The molecule has 1 fully saturated rings. The molecule has 0 atom stereocenters. The maximum atomic E-state index is 11.9. The number of carbonyl (C=O) groups is 2. The molecule has 0 spiro atoms. The molecule has 2 N–H and O–H groups in total. The highest BCUT2D eigenvalue weighted by atomic mass is 32.1. The van der Waals surface area contributed by atoms with E-state index in [9.17, 15) is 9.59 Å². The number of carboxylic acids is 1. The third kappa shape index (κ3) is 2.72. The fraction of sp³-hybridized carbons (Fsp3) is 0.308. The summed E-state index contributed by atoms with van der Waals surface area (Å²) in [6, 6.07) is 4.88. The molecular formula is C13H12N2O4S. The van der Waals surface area contributed by atoms with Crippen molar-refractivity contribution in [1.82, 2.24) is 10.5 Å². The molecule has 0 saturated heterocycles. The van der Waals surface area contributed by atoms with Crippen LogP contribution in [0.2, 0.25) is 0 Å². The molecular weight excluding hydrogens is 280 g/mol. The Morgan fingerprint density at radius 3 is 2.90 bits per heavy atom. The summed E-state index contributed by atoms with van der Waals surface area (Å²) >= 11 is 1.14. The van der Waals surface area contributed by atoms with Crippen molar-refractivity contribution in [2.45, 2.75) is 25.3 Å². The highest BCUT2D eigenvalue weighted by molar-refractivity contribution is 7.13. The van der Waals surface area contributed by atoms with E-state index in [2.05, 4.69) is 10.5 Å². The molecule has 3 rings (SSSR count). The van der Waals surface area contributed by atoms with Gasteiger partial charge in [-0.1, -0.05) is 5.16 Å². The first-order valence-corrected chi connectivity index (χ1v) is 7.02. The average Bonchev–Trinajstić information content (AvgIpc) is 2.98. The molecule has 104 valence electrons. The van der Waals surface area contributed by atoms with Crippen molar-refractivity contribution in [1.29, 1.82) is 0 Å². The molecule has 7 heteroatoms. The molecule has 1 aliphatic carbocycles. The Kier molecular flexibility index (Phi) is 3.27. The van der Waals surface area contributed by atoms with Gasteiger partial charge in [0.2, 0.25) is 5.76 Å². The number of rotatable bonds is 5. The quantitative estimate of drug-likeness (QED) is 0.881. The minimum atomic E-state index is -0.961. The summed E-state index contributed by atoms with van der Waals surface area (Å²) in [6.45, 7) is 0.274. The number of amides is 1. The summed E-state index contributed by atoms with van der Waals surface area (Å²) in [5.74, 6) is -0.663. The lowest BCUT2D eigenvalue weighted by Gasteiger charge is -1.99. The molecule has 0 radical (unpaired) electrons. The van der Waals surface area contributed by atoms with Gasteiger partial charge < -0.3 is 14.9 Å². The molecule has 1 amide bonds. The summed E-state index contributed by atoms with van der Waals surface area (Å²) in [4.78, 5) is 23.6. The molecule has 0 unspecified atom stereocenters. The smallest absolute Gasteiger partial charge is 0.345 e. The largest absolute Gasteiger partial charge is 0.477 e. The standard InChI is InChI=1S/C13H12N2O4S/c16-12(10-5-9(15-19-10)7-1-2-7)14-6-8-3-4-11(20-8)13(17)18/h3-5,7H,1-2,6H2,(H,14,16)(H,17,18). The molecule has 2 aromatic heterocycles. The van der Waals surface area contributed by atoms with Crippen molar-refractivity contribution in [3.05, 3.63) is 39.4 Å². The summed E-state index contributed by atoms with van der Waals surface area (Å²) in [5, 5.41) is 15.4. The van der Waals surface area contributed by atoms with Gasteiger partial charge in [-0.15, -0.1) is 11.3 Å². The van der Waals surface area contributed by atoms with E-state index in [-0.39, 0.29) is 23.1 Å². The lowest BCUT2D eigenvalue weighted by Crippen LogP contribution is -2.21. The highest BCUT2D eigenvalue weighted by Gasteiger charge is 2.28. The van der Waals surface area contributed by atoms with Crippen molar-refractivity contribution in [3.63, 3.8) is 0 Å². The molecule has 1 saturated carbocycles. The molecule has 0 bridgehead atoms. The van der Waals surface area contributed by atoms with Crippen molar-refractivity contribution in [2.75, 3.05) is 0 Å². The van der Waals surface area contributed by atoms with Crippen LogP contribution >= 0.6 is 11.3 Å². The van der Waals surface area contributed by atoms with Gasteiger partial charge in [0.15, 0.2) is 0 Å². The van der Waals surface area contributed by atoms with E-state index in [0.29, 0.717) is 5.92 Å². The third-order valence-corrected chi connectivity index (χ3v) is 4.12. The number of hydrogen-bond acceptors (Lipinski definition) is 5. The second-order valence-corrected chi connectivity index (χ2v) is 5.81. The maximum absolute atomic E-state index is 11.9. The minimum Gasteiger partial charge on any atom is -0.477 e. The van der Waals surface area contributed by atoms with E-state index >= 15 is 0 Å². The van der Waals surface area contributed by atoms with E-state index in [1.54, 1.807) is 12.1 Å². The molecule has 0 aromatic carbocycles. The zero-order valence-electron chi connectivity index (χ0n) is 10.5. The first-order valence-electron chi connectivity index (χ1n) is 6.20. The zero-order chi connectivity index (χ0) is 14.1. The number of nitrogens with one attached hydrogen (secondary N) is 1. The van der Waals surface area contributed by atoms with E-state index < -0.39 is 5.97 Å². The Hall–Kier alpha value is -2.15. The van der Waals surface area contributed by atoms with E-state index in [0.717, 1.165) is 34.7 Å². The number of aromatic carboxylic acids is 1. The fourth-order valence-electron chi connectivity index (χ4n) is 1.81. The Morgan fingerprint density at radius 2 is 2.25 bits per heavy atom. The van der Waals surface area contributed by atoms with E-state index in [1.165, 1.54) is 6.07 Å². The summed E-state index contributed by atoms with van der Waals surface area (Å²) in [6.07, 6.45) is 2.20. The Morgan fingerprint density at radius 1 is 1.45 bits per heavy atom. The number of thiophene rings is 1. The molecule has 2 heterocycles. The van der Waals surface area contributed by atoms with Crippen LogP contribution in [0.1, 0.15) is 49.6 Å². The third-order valence-electron chi connectivity index (χ3n) is 3.04. The van der Waals surface area contributed by atoms with Crippen LogP contribution in [0.15, 0.2) is 22.7 Å². The fourth-order valence-corrected chi connectivity index (χ4v) is 2.60. The molecule has 2 aromatic rings. The van der Waals surface area contributed by atoms with Crippen LogP contribution in [0.4, 0.5) is 0 Å². The lowest BCUT2D eigenvalue weighted by atomic mass is 10.2. The van der Waals surface area contributed by atoms with Gasteiger partial charge in [0.1, 0.15) is 4.88 Å². The molecule has 0 aliphatic heterocycles. The van der Waals surface area contributed by atoms with Crippen LogP contribution in [0, 0.1) is 0 Å². The SMILES string of the molecule is O=C(NCc1ccc(C(=O)O)s1)c1cc(C2CC2)no1. The van der Waals surface area contributed by atoms with Crippen LogP contribution in [-0.4, -0.2) is 22.1 Å². The highest BCUT2D eigenvalue weighted by Crippen LogP contribution is 2.39. The summed E-state index contributed by atoms with van der Waals surface area (Å²) in [5.41, 5.74) is 0.833. The van der Waals surface area contributed by atoms with E-state index in [4.69, 9.17) is 9.63 Å². The van der Waals surface area contributed by atoms with Gasteiger partial charge in [-0.2, -0.15) is 0 Å². The zero-order valence-corrected chi connectivity index (χ0v) is 11.3. The number of carbonyl (C=O) groups excluding carboxylic acids is 1. The first-order chi connectivity index (χ1) is 9.63. The normalized spacial score (nSPS) is 14.2. The summed E-state index contributed by atoms with van der Waals surface area (Å²) < 4.78 is 5.01. The number of hydrogen-bond donors (Lipinski definition) is 2.